The van der Waals surface area contributed by atoms with Crippen molar-refractivity contribution in [1.29, 1.82) is 10.5 Å². The molecule has 25 heavy (non-hydrogen) atoms. The molecule has 1 aliphatic rings. The fraction of sp³-hybridized carbons (Fsp3) is 0.316. The van der Waals surface area contributed by atoms with Crippen LogP contribution in [0.25, 0.3) is 0 Å². The third-order valence-corrected chi connectivity index (χ3v) is 4.06. The Balaban J connectivity index is 1.72. The van der Waals surface area contributed by atoms with E-state index in [-0.39, 0.29) is 5.56 Å². The monoisotopic (exact) mass is 334 g/mol. The quantitative estimate of drug-likeness (QED) is 0.904. The number of ether oxygens (including phenoxy) is 2. The number of pyridine rings is 1. The normalized spacial score (nSPS) is 16.5. The number of nitrogens with one attached hydrogen (secondary N) is 1. The molecule has 1 unspecified atom stereocenters. The van der Waals surface area contributed by atoms with Crippen LogP contribution in [-0.2, 0) is 0 Å². The lowest BCUT2D eigenvalue weighted by Gasteiger charge is -2.23. The van der Waals surface area contributed by atoms with E-state index in [2.05, 4.69) is 10.3 Å². The molecule has 1 saturated heterocycles. The van der Waals surface area contributed by atoms with Crippen molar-refractivity contribution in [3.63, 3.8) is 0 Å². The minimum absolute atomic E-state index is 0.270. The van der Waals surface area contributed by atoms with Crippen LogP contribution in [-0.4, -0.2) is 24.7 Å². The summed E-state index contributed by atoms with van der Waals surface area (Å²) in [5.74, 6) is 1.83. The average Bonchev–Trinajstić information content (AvgIpc) is 2.68. The van der Waals surface area contributed by atoms with Crippen LogP contribution in [0, 0.1) is 28.6 Å². The standard InChI is InChI=1S/C19H18N4O2/c20-10-15-5-6-17(9-16(15)11-21)25-19-18(4-2-8-23-19)24-13-14-3-1-7-22-12-14/h2,4-6,8-9,14,22H,1,3,7,12-13H2. The Morgan fingerprint density at radius 3 is 2.84 bits per heavy atom. The van der Waals surface area contributed by atoms with Gasteiger partial charge in [0.15, 0.2) is 5.75 Å². The molecule has 0 radical (unpaired) electrons. The Kier molecular flexibility index (Phi) is 5.46. The third kappa shape index (κ3) is 4.26. The van der Waals surface area contributed by atoms with Gasteiger partial charge < -0.3 is 14.8 Å². The van der Waals surface area contributed by atoms with E-state index in [1.54, 1.807) is 24.4 Å². The van der Waals surface area contributed by atoms with Crippen molar-refractivity contribution in [2.24, 2.45) is 5.92 Å². The first-order chi connectivity index (χ1) is 12.3. The molecule has 0 saturated carbocycles. The van der Waals surface area contributed by atoms with Gasteiger partial charge in [-0.1, -0.05) is 0 Å². The van der Waals surface area contributed by atoms with Crippen LogP contribution in [0.2, 0.25) is 0 Å². The summed E-state index contributed by atoms with van der Waals surface area (Å²) in [4.78, 5) is 4.23. The number of aromatic nitrogens is 1. The molecule has 6 heteroatoms. The summed E-state index contributed by atoms with van der Waals surface area (Å²) in [6.45, 7) is 2.63. The molecule has 1 aromatic carbocycles. The van der Waals surface area contributed by atoms with Crippen molar-refractivity contribution in [2.45, 2.75) is 12.8 Å². The first kappa shape index (κ1) is 16.8. The van der Waals surface area contributed by atoms with Gasteiger partial charge in [-0.3, -0.25) is 0 Å². The summed E-state index contributed by atoms with van der Waals surface area (Å²) in [5, 5.41) is 21.5. The van der Waals surface area contributed by atoms with Crippen LogP contribution >= 0.6 is 0 Å². The van der Waals surface area contributed by atoms with Crippen LogP contribution in [0.4, 0.5) is 0 Å². The topological polar surface area (TPSA) is 91.0 Å². The van der Waals surface area contributed by atoms with E-state index in [0.717, 1.165) is 25.9 Å². The number of hydrogen-bond donors (Lipinski definition) is 1. The van der Waals surface area contributed by atoms with Gasteiger partial charge in [-0.2, -0.15) is 10.5 Å². The second kappa shape index (κ2) is 8.14. The lowest BCUT2D eigenvalue weighted by atomic mass is 10.0. The van der Waals surface area contributed by atoms with Gasteiger partial charge in [-0.25, -0.2) is 4.98 Å². The van der Waals surface area contributed by atoms with Crippen LogP contribution in [0.1, 0.15) is 24.0 Å². The smallest absolute Gasteiger partial charge is 0.262 e. The predicted octanol–water partition coefficient (Wildman–Crippen LogP) is 3.00. The average molecular weight is 334 g/mol. The van der Waals surface area contributed by atoms with Crippen molar-refractivity contribution in [1.82, 2.24) is 10.3 Å². The summed E-state index contributed by atoms with van der Waals surface area (Å²) in [6.07, 6.45) is 3.93. The Bertz CT molecular complexity index is 817. The highest BCUT2D eigenvalue weighted by Crippen LogP contribution is 2.30. The number of nitriles is 2. The number of rotatable bonds is 5. The van der Waals surface area contributed by atoms with E-state index in [4.69, 9.17) is 20.0 Å². The lowest BCUT2D eigenvalue weighted by molar-refractivity contribution is 0.212. The minimum atomic E-state index is 0.270. The third-order valence-electron chi connectivity index (χ3n) is 4.06. The molecule has 0 spiro atoms. The van der Waals surface area contributed by atoms with Crippen molar-refractivity contribution in [2.75, 3.05) is 19.7 Å². The van der Waals surface area contributed by atoms with Gasteiger partial charge in [-0.15, -0.1) is 0 Å². The molecular formula is C19H18N4O2. The van der Waals surface area contributed by atoms with Crippen LogP contribution in [0.5, 0.6) is 17.4 Å². The highest BCUT2D eigenvalue weighted by molar-refractivity contribution is 5.50. The maximum Gasteiger partial charge on any atom is 0.262 e. The summed E-state index contributed by atoms with van der Waals surface area (Å²) in [7, 11) is 0. The zero-order valence-electron chi connectivity index (χ0n) is 13.7. The Labute approximate surface area is 146 Å². The van der Waals surface area contributed by atoms with Gasteiger partial charge in [0.2, 0.25) is 0 Å². The van der Waals surface area contributed by atoms with Gasteiger partial charge >= 0.3 is 0 Å². The summed E-state index contributed by atoms with van der Waals surface area (Å²) in [5.41, 5.74) is 0.587. The Morgan fingerprint density at radius 2 is 2.08 bits per heavy atom. The number of benzene rings is 1. The molecule has 1 aliphatic heterocycles. The molecule has 1 aromatic heterocycles. The second-order valence-corrected chi connectivity index (χ2v) is 5.86. The van der Waals surface area contributed by atoms with E-state index in [9.17, 15) is 0 Å². The highest BCUT2D eigenvalue weighted by Gasteiger charge is 2.16. The van der Waals surface area contributed by atoms with Crippen molar-refractivity contribution in [3.8, 4) is 29.5 Å². The number of nitrogens with zero attached hydrogens (tertiary/aromatic N) is 3. The molecule has 2 aromatic rings. The first-order valence-electron chi connectivity index (χ1n) is 8.21. The number of piperidine rings is 1. The van der Waals surface area contributed by atoms with E-state index < -0.39 is 0 Å². The van der Waals surface area contributed by atoms with Gasteiger partial charge in [0.1, 0.15) is 17.9 Å². The molecule has 0 amide bonds. The highest BCUT2D eigenvalue weighted by atomic mass is 16.5. The van der Waals surface area contributed by atoms with Crippen LogP contribution in [0.3, 0.4) is 0 Å². The van der Waals surface area contributed by atoms with Gasteiger partial charge in [0.05, 0.1) is 17.7 Å². The van der Waals surface area contributed by atoms with Crippen molar-refractivity contribution >= 4 is 0 Å². The Morgan fingerprint density at radius 1 is 1.20 bits per heavy atom. The fourth-order valence-electron chi connectivity index (χ4n) is 2.72. The van der Waals surface area contributed by atoms with Crippen LogP contribution < -0.4 is 14.8 Å². The maximum atomic E-state index is 9.12. The van der Waals surface area contributed by atoms with E-state index in [1.165, 1.54) is 6.07 Å². The summed E-state index contributed by atoms with van der Waals surface area (Å²) in [6, 6.07) is 12.3. The summed E-state index contributed by atoms with van der Waals surface area (Å²) < 4.78 is 11.7. The maximum absolute atomic E-state index is 9.12. The Hall–Kier alpha value is -3.09. The van der Waals surface area contributed by atoms with E-state index in [0.29, 0.717) is 35.5 Å². The van der Waals surface area contributed by atoms with Crippen molar-refractivity contribution < 1.29 is 9.47 Å². The van der Waals surface area contributed by atoms with Gasteiger partial charge in [0.25, 0.3) is 5.88 Å². The zero-order valence-corrected chi connectivity index (χ0v) is 13.7. The molecule has 1 atom stereocenters. The lowest BCUT2D eigenvalue weighted by Crippen LogP contribution is -2.33. The molecule has 1 fully saturated rings. The minimum Gasteiger partial charge on any atom is -0.488 e. The fourth-order valence-corrected chi connectivity index (χ4v) is 2.72. The molecular weight excluding hydrogens is 316 g/mol. The van der Waals surface area contributed by atoms with Crippen molar-refractivity contribution in [3.05, 3.63) is 47.7 Å². The molecule has 126 valence electrons. The molecule has 1 N–H and O–H groups in total. The van der Waals surface area contributed by atoms with E-state index in [1.807, 2.05) is 18.2 Å². The second-order valence-electron chi connectivity index (χ2n) is 5.86. The molecule has 0 bridgehead atoms. The van der Waals surface area contributed by atoms with Crippen LogP contribution in [0.15, 0.2) is 36.5 Å². The number of hydrogen-bond acceptors (Lipinski definition) is 6. The molecule has 3 rings (SSSR count). The molecule has 0 aliphatic carbocycles. The van der Waals surface area contributed by atoms with Gasteiger partial charge in [-0.05, 0) is 49.7 Å². The first-order valence-corrected chi connectivity index (χ1v) is 8.21. The molecule has 6 nitrogen and oxygen atoms in total. The SMILES string of the molecule is N#Cc1ccc(Oc2ncccc2OCC2CCCNC2)cc1C#N. The zero-order chi connectivity index (χ0) is 17.5. The predicted molar refractivity (Wildman–Crippen MR) is 91.3 cm³/mol. The van der Waals surface area contributed by atoms with Gasteiger partial charge in [0, 0.05) is 18.7 Å². The van der Waals surface area contributed by atoms with E-state index >= 15 is 0 Å². The molecule has 2 heterocycles. The summed E-state index contributed by atoms with van der Waals surface area (Å²) >= 11 is 0. The largest absolute Gasteiger partial charge is 0.488 e.